The topological polar surface area (TPSA) is 105 Å². The van der Waals surface area contributed by atoms with Gasteiger partial charge in [0.15, 0.2) is 9.84 Å². The van der Waals surface area contributed by atoms with Crippen LogP contribution in [0, 0.1) is 13.8 Å². The largest absolute Gasteiger partial charge is 0.351 e. The highest BCUT2D eigenvalue weighted by Crippen LogP contribution is 2.23. The van der Waals surface area contributed by atoms with Crippen molar-refractivity contribution < 1.29 is 18.0 Å². The van der Waals surface area contributed by atoms with Crippen LogP contribution in [-0.2, 0) is 9.84 Å². The first-order valence-corrected chi connectivity index (χ1v) is 10.4. The first-order chi connectivity index (χ1) is 12.6. The Hall–Kier alpha value is -2.74. The molecule has 8 heteroatoms. The summed E-state index contributed by atoms with van der Waals surface area (Å²) in [5.41, 5.74) is 1.58. The summed E-state index contributed by atoms with van der Waals surface area (Å²) in [7, 11) is -3.42. The van der Waals surface area contributed by atoms with E-state index in [4.69, 9.17) is 0 Å². The Kier molecular flexibility index (Phi) is 6.32. The molecule has 2 amide bonds. The molecule has 0 atom stereocenters. The SMILES string of the molecule is CCCNC(=O)c1nc(C)ccc1C(=O)Nc1cccc(S(C)(=O)=O)c1C. The average Bonchev–Trinajstić information content (AvgIpc) is 2.60. The second-order valence-corrected chi connectivity index (χ2v) is 8.24. The number of aromatic nitrogens is 1. The molecule has 0 unspecified atom stereocenters. The van der Waals surface area contributed by atoms with Crippen LogP contribution >= 0.6 is 0 Å². The number of carbonyl (C=O) groups is 2. The maximum atomic E-state index is 12.8. The fraction of sp³-hybridized carbons (Fsp3) is 0.316. The van der Waals surface area contributed by atoms with E-state index < -0.39 is 21.7 Å². The molecule has 2 N–H and O–H groups in total. The van der Waals surface area contributed by atoms with Gasteiger partial charge in [-0.15, -0.1) is 0 Å². The minimum Gasteiger partial charge on any atom is -0.351 e. The Morgan fingerprint density at radius 2 is 1.78 bits per heavy atom. The molecule has 7 nitrogen and oxygen atoms in total. The zero-order chi connectivity index (χ0) is 20.2. The van der Waals surface area contributed by atoms with Gasteiger partial charge in [0.2, 0.25) is 0 Å². The lowest BCUT2D eigenvalue weighted by atomic mass is 10.1. The Morgan fingerprint density at radius 3 is 2.41 bits per heavy atom. The van der Waals surface area contributed by atoms with Gasteiger partial charge in [-0.1, -0.05) is 13.0 Å². The second-order valence-electron chi connectivity index (χ2n) is 6.26. The van der Waals surface area contributed by atoms with Gasteiger partial charge in [-0.3, -0.25) is 9.59 Å². The molecule has 0 aliphatic carbocycles. The quantitative estimate of drug-likeness (QED) is 0.790. The van der Waals surface area contributed by atoms with E-state index in [0.717, 1.165) is 12.7 Å². The van der Waals surface area contributed by atoms with Crippen LogP contribution in [0.4, 0.5) is 5.69 Å². The van der Waals surface area contributed by atoms with Gasteiger partial charge in [-0.2, -0.15) is 0 Å². The third-order valence-electron chi connectivity index (χ3n) is 3.96. The molecule has 0 bridgehead atoms. The van der Waals surface area contributed by atoms with E-state index in [-0.39, 0.29) is 16.2 Å². The number of anilines is 1. The zero-order valence-electron chi connectivity index (χ0n) is 15.8. The van der Waals surface area contributed by atoms with E-state index in [1.54, 1.807) is 32.0 Å². The normalized spacial score (nSPS) is 11.1. The molecule has 27 heavy (non-hydrogen) atoms. The molecule has 0 fully saturated rings. The number of sulfone groups is 1. The van der Waals surface area contributed by atoms with Crippen molar-refractivity contribution in [1.29, 1.82) is 0 Å². The van der Waals surface area contributed by atoms with Crippen LogP contribution < -0.4 is 10.6 Å². The minimum atomic E-state index is -3.42. The Morgan fingerprint density at radius 1 is 1.07 bits per heavy atom. The molecule has 1 aromatic heterocycles. The number of nitrogens with one attached hydrogen (secondary N) is 2. The fourth-order valence-corrected chi connectivity index (χ4v) is 3.57. The first kappa shape index (κ1) is 20.6. The third kappa shape index (κ3) is 4.91. The predicted molar refractivity (Wildman–Crippen MR) is 104 cm³/mol. The highest BCUT2D eigenvalue weighted by molar-refractivity contribution is 7.90. The smallest absolute Gasteiger partial charge is 0.270 e. The van der Waals surface area contributed by atoms with E-state index in [0.29, 0.717) is 23.5 Å². The zero-order valence-corrected chi connectivity index (χ0v) is 16.6. The molecule has 0 saturated heterocycles. The molecule has 1 aromatic carbocycles. The minimum absolute atomic E-state index is 0.0397. The number of amides is 2. The Balaban J connectivity index is 2.39. The number of hydrogen-bond donors (Lipinski definition) is 2. The summed E-state index contributed by atoms with van der Waals surface area (Å²) < 4.78 is 23.7. The maximum absolute atomic E-state index is 12.8. The van der Waals surface area contributed by atoms with E-state index >= 15 is 0 Å². The van der Waals surface area contributed by atoms with Crippen LogP contribution in [0.3, 0.4) is 0 Å². The van der Waals surface area contributed by atoms with Crippen molar-refractivity contribution in [3.05, 3.63) is 52.8 Å². The molecule has 0 spiro atoms. The molecule has 144 valence electrons. The fourth-order valence-electron chi connectivity index (χ4n) is 2.58. The Bertz CT molecular complexity index is 984. The van der Waals surface area contributed by atoms with Crippen LogP contribution in [-0.4, -0.2) is 38.0 Å². The van der Waals surface area contributed by atoms with E-state index in [9.17, 15) is 18.0 Å². The summed E-state index contributed by atoms with van der Waals surface area (Å²) in [5.74, 6) is -0.954. The lowest BCUT2D eigenvalue weighted by Gasteiger charge is -2.13. The number of carbonyl (C=O) groups excluding carboxylic acids is 2. The molecular weight excluding hydrogens is 366 g/mol. The molecule has 2 aromatic rings. The van der Waals surface area contributed by atoms with Crippen LogP contribution in [0.5, 0.6) is 0 Å². The van der Waals surface area contributed by atoms with Crippen molar-refractivity contribution in [2.45, 2.75) is 32.1 Å². The highest BCUT2D eigenvalue weighted by atomic mass is 32.2. The summed E-state index contributed by atoms with van der Waals surface area (Å²) in [4.78, 5) is 29.5. The van der Waals surface area contributed by atoms with Crippen molar-refractivity contribution >= 4 is 27.3 Å². The Labute approximate surface area is 159 Å². The van der Waals surface area contributed by atoms with E-state index in [2.05, 4.69) is 15.6 Å². The number of rotatable bonds is 6. The van der Waals surface area contributed by atoms with Gasteiger partial charge in [-0.05, 0) is 50.1 Å². The number of pyridine rings is 1. The van der Waals surface area contributed by atoms with Gasteiger partial charge in [0.1, 0.15) is 5.69 Å². The standard InChI is InChI=1S/C19H23N3O4S/c1-5-11-20-19(24)17-14(10-9-12(2)21-17)18(23)22-15-7-6-8-16(13(15)3)27(4,25)26/h6-10H,5,11H2,1-4H3,(H,20,24)(H,22,23). The van der Waals surface area contributed by atoms with Crippen molar-refractivity contribution in [1.82, 2.24) is 10.3 Å². The predicted octanol–water partition coefficient (Wildman–Crippen LogP) is 2.49. The van der Waals surface area contributed by atoms with Crippen molar-refractivity contribution in [2.24, 2.45) is 0 Å². The molecule has 1 heterocycles. The molecule has 0 aliphatic heterocycles. The summed E-state index contributed by atoms with van der Waals surface area (Å²) in [5, 5.41) is 5.40. The van der Waals surface area contributed by atoms with Gasteiger partial charge in [-0.25, -0.2) is 13.4 Å². The molecule has 0 aliphatic rings. The van der Waals surface area contributed by atoms with Crippen molar-refractivity contribution in [2.75, 3.05) is 18.1 Å². The van der Waals surface area contributed by atoms with Crippen LogP contribution in [0.15, 0.2) is 35.2 Å². The van der Waals surface area contributed by atoms with Crippen molar-refractivity contribution in [3.8, 4) is 0 Å². The van der Waals surface area contributed by atoms with Gasteiger partial charge in [0, 0.05) is 24.2 Å². The van der Waals surface area contributed by atoms with Gasteiger partial charge >= 0.3 is 0 Å². The van der Waals surface area contributed by atoms with Crippen LogP contribution in [0.2, 0.25) is 0 Å². The molecular formula is C19H23N3O4S. The lowest BCUT2D eigenvalue weighted by Crippen LogP contribution is -2.28. The summed E-state index contributed by atoms with van der Waals surface area (Å²) in [6.07, 6.45) is 1.87. The molecule has 0 saturated carbocycles. The van der Waals surface area contributed by atoms with E-state index in [1.807, 2.05) is 6.92 Å². The monoisotopic (exact) mass is 389 g/mol. The average molecular weight is 389 g/mol. The van der Waals surface area contributed by atoms with Gasteiger partial charge in [0.05, 0.1) is 10.5 Å². The number of nitrogens with zero attached hydrogens (tertiary/aromatic N) is 1. The maximum Gasteiger partial charge on any atom is 0.270 e. The van der Waals surface area contributed by atoms with Crippen molar-refractivity contribution in [3.63, 3.8) is 0 Å². The molecule has 2 rings (SSSR count). The summed E-state index contributed by atoms with van der Waals surface area (Å²) in [6, 6.07) is 7.83. The number of hydrogen-bond acceptors (Lipinski definition) is 5. The summed E-state index contributed by atoms with van der Waals surface area (Å²) in [6.45, 7) is 5.76. The van der Waals surface area contributed by atoms with Crippen LogP contribution in [0.1, 0.15) is 45.4 Å². The van der Waals surface area contributed by atoms with Crippen LogP contribution in [0.25, 0.3) is 0 Å². The van der Waals surface area contributed by atoms with Gasteiger partial charge < -0.3 is 10.6 Å². The lowest BCUT2D eigenvalue weighted by molar-refractivity contribution is 0.0935. The molecule has 0 radical (unpaired) electrons. The first-order valence-electron chi connectivity index (χ1n) is 8.52. The number of benzene rings is 1. The van der Waals surface area contributed by atoms with Gasteiger partial charge in [0.25, 0.3) is 11.8 Å². The summed E-state index contributed by atoms with van der Waals surface area (Å²) >= 11 is 0. The highest BCUT2D eigenvalue weighted by Gasteiger charge is 2.20. The van der Waals surface area contributed by atoms with E-state index in [1.165, 1.54) is 12.1 Å². The third-order valence-corrected chi connectivity index (χ3v) is 5.20. The number of aryl methyl sites for hydroxylation is 1. The second kappa shape index (κ2) is 8.30.